The number of hydrogen-bond acceptors (Lipinski definition) is 4. The van der Waals surface area contributed by atoms with E-state index in [1.165, 1.54) is 17.3 Å². The number of nitrogens with zero attached hydrogens (tertiary/aromatic N) is 1. The molecule has 0 heterocycles. The molecular weight excluding hydrogens is 346 g/mol. The standard InChI is InChI=1S/C20H25N3O2S/c1-23(14-16-8-3-2-4-9-16)13-7-12-22-20(25)17-10-5-6-11-18(17)26-15-19(21)24/h2-6,8-11H,7,12-15H2,1H3,(H2,21,24)(H,22,25). The van der Waals surface area contributed by atoms with E-state index < -0.39 is 5.91 Å². The molecule has 0 radical (unpaired) electrons. The molecule has 0 unspecified atom stereocenters. The zero-order valence-electron chi connectivity index (χ0n) is 15.0. The van der Waals surface area contributed by atoms with E-state index in [1.807, 2.05) is 36.4 Å². The summed E-state index contributed by atoms with van der Waals surface area (Å²) in [6, 6.07) is 17.6. The van der Waals surface area contributed by atoms with Gasteiger partial charge in [0.2, 0.25) is 5.91 Å². The van der Waals surface area contributed by atoms with E-state index in [-0.39, 0.29) is 11.7 Å². The molecule has 2 aromatic rings. The Kier molecular flexibility index (Phi) is 8.18. The van der Waals surface area contributed by atoms with Gasteiger partial charge >= 0.3 is 0 Å². The number of nitrogens with two attached hydrogens (primary N) is 1. The van der Waals surface area contributed by atoms with Gasteiger partial charge in [0.15, 0.2) is 0 Å². The van der Waals surface area contributed by atoms with Crippen LogP contribution in [0.25, 0.3) is 0 Å². The minimum Gasteiger partial charge on any atom is -0.369 e. The van der Waals surface area contributed by atoms with E-state index >= 15 is 0 Å². The molecule has 5 nitrogen and oxygen atoms in total. The fourth-order valence-electron chi connectivity index (χ4n) is 2.55. The number of amides is 2. The molecule has 0 aromatic heterocycles. The van der Waals surface area contributed by atoms with Gasteiger partial charge in [-0.2, -0.15) is 0 Å². The molecule has 6 heteroatoms. The molecule has 2 rings (SSSR count). The second kappa shape index (κ2) is 10.6. The first-order valence-electron chi connectivity index (χ1n) is 8.57. The molecule has 0 aliphatic carbocycles. The van der Waals surface area contributed by atoms with Crippen molar-refractivity contribution >= 4 is 23.6 Å². The quantitative estimate of drug-likeness (QED) is 0.497. The van der Waals surface area contributed by atoms with Crippen LogP contribution >= 0.6 is 11.8 Å². The lowest BCUT2D eigenvalue weighted by Gasteiger charge is -2.17. The van der Waals surface area contributed by atoms with Gasteiger partial charge in [0.25, 0.3) is 5.91 Å². The average molecular weight is 372 g/mol. The third-order valence-electron chi connectivity index (χ3n) is 3.80. The van der Waals surface area contributed by atoms with E-state index in [1.54, 1.807) is 6.07 Å². The first-order chi connectivity index (χ1) is 12.6. The average Bonchev–Trinajstić information content (AvgIpc) is 2.64. The Morgan fingerprint density at radius 3 is 2.50 bits per heavy atom. The molecule has 0 fully saturated rings. The predicted molar refractivity (Wildman–Crippen MR) is 106 cm³/mol. The molecule has 0 aliphatic heterocycles. The molecule has 0 saturated carbocycles. The van der Waals surface area contributed by atoms with Crippen LogP contribution in [0.1, 0.15) is 22.3 Å². The summed E-state index contributed by atoms with van der Waals surface area (Å²) in [4.78, 5) is 26.4. The summed E-state index contributed by atoms with van der Waals surface area (Å²) in [5.74, 6) is -0.357. The largest absolute Gasteiger partial charge is 0.369 e. The molecular formula is C20H25N3O2S. The molecule has 0 aliphatic rings. The van der Waals surface area contributed by atoms with Crippen LogP contribution in [-0.2, 0) is 11.3 Å². The van der Waals surface area contributed by atoms with Gasteiger partial charge in [0.1, 0.15) is 0 Å². The zero-order valence-corrected chi connectivity index (χ0v) is 15.8. The lowest BCUT2D eigenvalue weighted by Crippen LogP contribution is -2.28. The summed E-state index contributed by atoms with van der Waals surface area (Å²) >= 11 is 1.29. The fraction of sp³-hybridized carbons (Fsp3) is 0.300. The summed E-state index contributed by atoms with van der Waals surface area (Å²) in [6.45, 7) is 2.39. The van der Waals surface area contributed by atoms with Crippen LogP contribution in [0.15, 0.2) is 59.5 Å². The molecule has 2 amide bonds. The monoisotopic (exact) mass is 371 g/mol. The summed E-state index contributed by atoms with van der Waals surface area (Å²) < 4.78 is 0. The van der Waals surface area contributed by atoms with E-state index in [9.17, 15) is 9.59 Å². The zero-order chi connectivity index (χ0) is 18.8. The third kappa shape index (κ3) is 6.90. The molecule has 0 atom stereocenters. The van der Waals surface area contributed by atoms with Crippen LogP contribution in [-0.4, -0.2) is 42.6 Å². The number of thioether (sulfide) groups is 1. The van der Waals surface area contributed by atoms with E-state index in [0.29, 0.717) is 12.1 Å². The van der Waals surface area contributed by atoms with Crippen LogP contribution in [0.3, 0.4) is 0 Å². The van der Waals surface area contributed by atoms with Gasteiger partial charge in [0.05, 0.1) is 11.3 Å². The topological polar surface area (TPSA) is 75.4 Å². The first kappa shape index (κ1) is 20.0. The van der Waals surface area contributed by atoms with Crippen LogP contribution in [0.5, 0.6) is 0 Å². The van der Waals surface area contributed by atoms with Gasteiger partial charge < -0.3 is 16.0 Å². The fourth-order valence-corrected chi connectivity index (χ4v) is 3.34. The molecule has 0 saturated heterocycles. The smallest absolute Gasteiger partial charge is 0.252 e. The number of primary amides is 1. The predicted octanol–water partition coefficient (Wildman–Crippen LogP) is 2.52. The molecule has 0 bridgehead atoms. The Hall–Kier alpha value is -2.31. The first-order valence-corrected chi connectivity index (χ1v) is 9.55. The lowest BCUT2D eigenvalue weighted by atomic mass is 10.2. The number of hydrogen-bond donors (Lipinski definition) is 2. The summed E-state index contributed by atoms with van der Waals surface area (Å²) in [5.41, 5.74) is 7.04. The van der Waals surface area contributed by atoms with Crippen molar-refractivity contribution in [3.8, 4) is 0 Å². The van der Waals surface area contributed by atoms with E-state index in [0.717, 1.165) is 24.4 Å². The van der Waals surface area contributed by atoms with Gasteiger partial charge in [-0.1, -0.05) is 42.5 Å². The highest BCUT2D eigenvalue weighted by atomic mass is 32.2. The minimum absolute atomic E-state index is 0.122. The molecule has 0 spiro atoms. The Morgan fingerprint density at radius 1 is 1.08 bits per heavy atom. The van der Waals surface area contributed by atoms with Crippen LogP contribution < -0.4 is 11.1 Å². The second-order valence-corrected chi connectivity index (χ2v) is 7.10. The highest BCUT2D eigenvalue weighted by molar-refractivity contribution is 8.00. The normalized spacial score (nSPS) is 10.7. The Balaban J connectivity index is 1.76. The SMILES string of the molecule is CN(CCCNC(=O)c1ccccc1SCC(N)=O)Cc1ccccc1. The molecule has 26 heavy (non-hydrogen) atoms. The maximum Gasteiger partial charge on any atom is 0.252 e. The van der Waals surface area contributed by atoms with E-state index in [2.05, 4.69) is 29.4 Å². The minimum atomic E-state index is -0.397. The van der Waals surface area contributed by atoms with Crippen molar-refractivity contribution in [2.75, 3.05) is 25.9 Å². The van der Waals surface area contributed by atoms with Crippen molar-refractivity contribution in [3.63, 3.8) is 0 Å². The van der Waals surface area contributed by atoms with Crippen molar-refractivity contribution in [2.45, 2.75) is 17.9 Å². The molecule has 2 aromatic carbocycles. The highest BCUT2D eigenvalue weighted by Crippen LogP contribution is 2.22. The highest BCUT2D eigenvalue weighted by Gasteiger charge is 2.11. The van der Waals surface area contributed by atoms with Gasteiger partial charge in [-0.15, -0.1) is 11.8 Å². The van der Waals surface area contributed by atoms with Gasteiger partial charge in [-0.3, -0.25) is 9.59 Å². The van der Waals surface area contributed by atoms with Crippen molar-refractivity contribution in [1.29, 1.82) is 0 Å². The second-order valence-electron chi connectivity index (χ2n) is 6.08. The number of rotatable bonds is 10. The van der Waals surface area contributed by atoms with Crippen molar-refractivity contribution in [2.24, 2.45) is 5.73 Å². The van der Waals surface area contributed by atoms with Crippen molar-refractivity contribution in [1.82, 2.24) is 10.2 Å². The maximum absolute atomic E-state index is 12.4. The third-order valence-corrected chi connectivity index (χ3v) is 4.89. The van der Waals surface area contributed by atoms with Gasteiger partial charge in [0, 0.05) is 18.0 Å². The number of carbonyl (C=O) groups excluding carboxylic acids is 2. The Labute approximate surface area is 159 Å². The van der Waals surface area contributed by atoms with Gasteiger partial charge in [-0.05, 0) is 37.7 Å². The van der Waals surface area contributed by atoms with Crippen molar-refractivity contribution < 1.29 is 9.59 Å². The summed E-state index contributed by atoms with van der Waals surface area (Å²) in [7, 11) is 2.07. The van der Waals surface area contributed by atoms with Gasteiger partial charge in [-0.25, -0.2) is 0 Å². The molecule has 138 valence electrons. The van der Waals surface area contributed by atoms with Crippen LogP contribution in [0.2, 0.25) is 0 Å². The maximum atomic E-state index is 12.4. The number of carbonyl (C=O) groups is 2. The molecule has 3 N–H and O–H groups in total. The summed E-state index contributed by atoms with van der Waals surface area (Å²) in [6.07, 6.45) is 0.867. The van der Waals surface area contributed by atoms with E-state index in [4.69, 9.17) is 5.73 Å². The van der Waals surface area contributed by atoms with Crippen LogP contribution in [0, 0.1) is 0 Å². The number of benzene rings is 2. The lowest BCUT2D eigenvalue weighted by molar-refractivity contribution is -0.115. The summed E-state index contributed by atoms with van der Waals surface area (Å²) in [5, 5.41) is 2.95. The Morgan fingerprint density at radius 2 is 1.77 bits per heavy atom. The van der Waals surface area contributed by atoms with Crippen LogP contribution in [0.4, 0.5) is 0 Å². The number of nitrogens with one attached hydrogen (secondary N) is 1. The van der Waals surface area contributed by atoms with Crippen molar-refractivity contribution in [3.05, 3.63) is 65.7 Å². The Bertz CT molecular complexity index is 722.